The molecule has 0 radical (unpaired) electrons. The van der Waals surface area contributed by atoms with Crippen molar-refractivity contribution in [3.63, 3.8) is 0 Å². The van der Waals surface area contributed by atoms with Crippen molar-refractivity contribution in [1.29, 1.82) is 0 Å². The summed E-state index contributed by atoms with van der Waals surface area (Å²) < 4.78 is 10.6. The Bertz CT molecular complexity index is 972. The van der Waals surface area contributed by atoms with Crippen LogP contribution in [0.3, 0.4) is 0 Å². The molecule has 2 aliphatic rings. The molecule has 30 heavy (non-hydrogen) atoms. The summed E-state index contributed by atoms with van der Waals surface area (Å²) in [5.41, 5.74) is 1.45. The van der Waals surface area contributed by atoms with Crippen LogP contribution in [0.1, 0.15) is 34.5 Å². The van der Waals surface area contributed by atoms with Crippen LogP contribution < -0.4 is 20.3 Å². The lowest BCUT2D eigenvalue weighted by Crippen LogP contribution is -2.44. The Balaban J connectivity index is 1.35. The van der Waals surface area contributed by atoms with Crippen molar-refractivity contribution in [1.82, 2.24) is 20.1 Å². The lowest BCUT2D eigenvalue weighted by atomic mass is 10.0. The number of amides is 1. The van der Waals surface area contributed by atoms with Gasteiger partial charge in [-0.15, -0.1) is 0 Å². The van der Waals surface area contributed by atoms with Crippen LogP contribution in [-0.2, 0) is 13.1 Å². The molecular formula is C22H28N4O4. The van der Waals surface area contributed by atoms with Crippen molar-refractivity contribution in [2.75, 3.05) is 34.0 Å². The molecule has 1 aromatic carbocycles. The Morgan fingerprint density at radius 1 is 1.23 bits per heavy atom. The number of aromatic nitrogens is 1. The van der Waals surface area contributed by atoms with E-state index in [1.54, 1.807) is 6.07 Å². The fourth-order valence-corrected chi connectivity index (χ4v) is 3.95. The number of likely N-dealkylation sites (tertiary alicyclic amines) is 1. The number of hydrogen-bond donors (Lipinski definition) is 2. The summed E-state index contributed by atoms with van der Waals surface area (Å²) in [6, 6.07) is 9.47. The summed E-state index contributed by atoms with van der Waals surface area (Å²) in [5, 5.41) is 2.80. The van der Waals surface area contributed by atoms with Crippen LogP contribution in [0.15, 0.2) is 35.1 Å². The summed E-state index contributed by atoms with van der Waals surface area (Å²) in [6.07, 6.45) is 2.34. The topological polar surface area (TPSA) is 86.9 Å². The van der Waals surface area contributed by atoms with Crippen molar-refractivity contribution in [3.05, 3.63) is 57.5 Å². The zero-order valence-electron chi connectivity index (χ0n) is 17.4. The molecule has 8 nitrogen and oxygen atoms in total. The van der Waals surface area contributed by atoms with Crippen LogP contribution in [0.5, 0.6) is 11.5 Å². The molecule has 0 aliphatic carbocycles. The predicted molar refractivity (Wildman–Crippen MR) is 113 cm³/mol. The van der Waals surface area contributed by atoms with Gasteiger partial charge in [0.1, 0.15) is 5.56 Å². The van der Waals surface area contributed by atoms with Gasteiger partial charge in [-0.3, -0.25) is 14.5 Å². The molecule has 2 aromatic rings. The summed E-state index contributed by atoms with van der Waals surface area (Å²) in [4.78, 5) is 32.4. The normalized spacial score (nSPS) is 18.6. The van der Waals surface area contributed by atoms with Crippen LogP contribution in [0.25, 0.3) is 0 Å². The molecule has 2 N–H and O–H groups in total. The first kappa shape index (κ1) is 20.4. The van der Waals surface area contributed by atoms with Gasteiger partial charge in [0.25, 0.3) is 11.5 Å². The van der Waals surface area contributed by atoms with Crippen molar-refractivity contribution < 1.29 is 14.3 Å². The Hall–Kier alpha value is -2.84. The van der Waals surface area contributed by atoms with Crippen molar-refractivity contribution in [3.8, 4) is 11.5 Å². The number of carbonyl (C=O) groups excluding carboxylic acids is 1. The first-order chi connectivity index (χ1) is 14.5. The number of H-pyrrole nitrogens is 1. The molecule has 1 atom stereocenters. The number of hydrogen-bond acceptors (Lipinski definition) is 6. The molecule has 8 heteroatoms. The molecule has 0 saturated carbocycles. The van der Waals surface area contributed by atoms with E-state index >= 15 is 0 Å². The molecule has 1 saturated heterocycles. The van der Waals surface area contributed by atoms with Gasteiger partial charge in [-0.2, -0.15) is 0 Å². The number of piperidine rings is 1. The third-order valence-corrected chi connectivity index (χ3v) is 5.71. The molecule has 1 amide bonds. The van der Waals surface area contributed by atoms with Gasteiger partial charge in [-0.25, -0.2) is 0 Å². The zero-order chi connectivity index (χ0) is 21.1. The Morgan fingerprint density at radius 3 is 2.87 bits per heavy atom. The lowest BCUT2D eigenvalue weighted by Gasteiger charge is -2.36. The van der Waals surface area contributed by atoms with Crippen molar-refractivity contribution >= 4 is 5.91 Å². The van der Waals surface area contributed by atoms with Gasteiger partial charge in [0, 0.05) is 31.4 Å². The van der Waals surface area contributed by atoms with Gasteiger partial charge >= 0.3 is 0 Å². The molecular weight excluding hydrogens is 384 g/mol. The van der Waals surface area contributed by atoms with Crippen LogP contribution in [-0.4, -0.2) is 60.7 Å². The maximum absolute atomic E-state index is 12.5. The number of rotatable bonds is 6. The molecule has 1 fully saturated rings. The largest absolute Gasteiger partial charge is 0.454 e. The fraction of sp³-hybridized carbons (Fsp3) is 0.455. The van der Waals surface area contributed by atoms with Crippen LogP contribution in [0, 0.1) is 0 Å². The summed E-state index contributed by atoms with van der Waals surface area (Å²) >= 11 is 0. The van der Waals surface area contributed by atoms with E-state index in [-0.39, 0.29) is 17.9 Å². The molecule has 3 heterocycles. The molecule has 2 aliphatic heterocycles. The first-order valence-corrected chi connectivity index (χ1v) is 10.3. The highest BCUT2D eigenvalue weighted by atomic mass is 16.7. The smallest absolute Gasteiger partial charge is 0.261 e. The summed E-state index contributed by atoms with van der Waals surface area (Å²) in [7, 11) is 4.21. The molecule has 160 valence electrons. The highest BCUT2D eigenvalue weighted by Gasteiger charge is 2.22. The SMILES string of the molecule is CN(C)C1CCCN(Cc2ccc(C(=O)NCc3ccc4c(c3)OCO4)c(=O)[nH]2)C1. The highest BCUT2D eigenvalue weighted by Crippen LogP contribution is 2.32. The third-order valence-electron chi connectivity index (χ3n) is 5.71. The second kappa shape index (κ2) is 8.89. The van der Waals surface area contributed by atoms with Gasteiger partial charge < -0.3 is 24.7 Å². The zero-order valence-corrected chi connectivity index (χ0v) is 17.4. The fourth-order valence-electron chi connectivity index (χ4n) is 3.95. The van der Waals surface area contributed by atoms with E-state index in [2.05, 4.69) is 34.2 Å². The van der Waals surface area contributed by atoms with E-state index in [9.17, 15) is 9.59 Å². The van der Waals surface area contributed by atoms with Gasteiger partial charge in [-0.05, 0) is 63.3 Å². The number of aromatic amines is 1. The second-order valence-electron chi connectivity index (χ2n) is 8.09. The average Bonchev–Trinajstić information content (AvgIpc) is 3.20. The first-order valence-electron chi connectivity index (χ1n) is 10.3. The van der Waals surface area contributed by atoms with Crippen LogP contribution in [0.2, 0.25) is 0 Å². The van der Waals surface area contributed by atoms with Gasteiger partial charge in [0.2, 0.25) is 6.79 Å². The van der Waals surface area contributed by atoms with Crippen molar-refractivity contribution in [2.45, 2.75) is 32.0 Å². The van der Waals surface area contributed by atoms with E-state index in [0.717, 1.165) is 30.8 Å². The number of nitrogens with zero attached hydrogens (tertiary/aromatic N) is 2. The molecule has 4 rings (SSSR count). The Labute approximate surface area is 175 Å². The maximum Gasteiger partial charge on any atom is 0.261 e. The van der Waals surface area contributed by atoms with Crippen LogP contribution >= 0.6 is 0 Å². The second-order valence-corrected chi connectivity index (χ2v) is 8.09. The van der Waals surface area contributed by atoms with Gasteiger partial charge in [0.15, 0.2) is 11.5 Å². The standard InChI is InChI=1S/C22H28N4O4/c1-25(2)17-4-3-9-26(13-17)12-16-6-7-18(22(28)24-16)21(27)23-11-15-5-8-19-20(10-15)30-14-29-19/h5-8,10,17H,3-4,9,11-14H2,1-2H3,(H,23,27)(H,24,28). The van der Waals surface area contributed by atoms with Crippen molar-refractivity contribution in [2.24, 2.45) is 0 Å². The molecule has 0 spiro atoms. The third kappa shape index (κ3) is 4.66. The molecule has 0 bridgehead atoms. The van der Waals surface area contributed by atoms with E-state index < -0.39 is 5.91 Å². The predicted octanol–water partition coefficient (Wildman–Crippen LogP) is 1.56. The van der Waals surface area contributed by atoms with E-state index in [4.69, 9.17) is 9.47 Å². The molecule has 1 unspecified atom stereocenters. The number of benzene rings is 1. The number of ether oxygens (including phenoxy) is 2. The maximum atomic E-state index is 12.5. The van der Waals surface area contributed by atoms with E-state index in [1.165, 1.54) is 6.42 Å². The number of pyridine rings is 1. The quantitative estimate of drug-likeness (QED) is 0.749. The minimum atomic E-state index is -0.397. The van der Waals surface area contributed by atoms with E-state index in [1.807, 2.05) is 24.3 Å². The molecule has 1 aromatic heterocycles. The monoisotopic (exact) mass is 412 g/mol. The summed E-state index contributed by atoms with van der Waals surface area (Å²) in [6.45, 7) is 3.19. The van der Waals surface area contributed by atoms with Gasteiger partial charge in [-0.1, -0.05) is 6.07 Å². The lowest BCUT2D eigenvalue weighted by molar-refractivity contribution is 0.0949. The average molecular weight is 412 g/mol. The number of likely N-dealkylation sites (N-methyl/N-ethyl adjacent to an activating group) is 1. The minimum Gasteiger partial charge on any atom is -0.454 e. The van der Waals surface area contributed by atoms with E-state index in [0.29, 0.717) is 30.6 Å². The highest BCUT2D eigenvalue weighted by molar-refractivity contribution is 5.93. The summed E-state index contributed by atoms with van der Waals surface area (Å²) in [5.74, 6) is 0.965. The Kier molecular flexibility index (Phi) is 6.06. The Morgan fingerprint density at radius 2 is 2.07 bits per heavy atom. The van der Waals surface area contributed by atoms with Crippen LogP contribution in [0.4, 0.5) is 0 Å². The number of carbonyl (C=O) groups is 1. The number of fused-ring (bicyclic) bond motifs is 1. The number of nitrogens with one attached hydrogen (secondary N) is 2. The minimum absolute atomic E-state index is 0.115. The van der Waals surface area contributed by atoms with Gasteiger partial charge in [0.05, 0.1) is 0 Å².